The molecule has 0 fully saturated rings. The molecular formula is C16H21F3N2O2. The minimum absolute atomic E-state index is 0.284. The minimum Gasteiger partial charge on any atom is -0.485 e. The smallest absolute Gasteiger partial charge is 0.485 e. The molecule has 2 rings (SSSR count). The van der Waals surface area contributed by atoms with Crippen molar-refractivity contribution in [2.45, 2.75) is 33.2 Å². The molecule has 0 radical (unpaired) electrons. The molecule has 0 unspecified atom stereocenters. The van der Waals surface area contributed by atoms with Gasteiger partial charge in [0.05, 0.1) is 13.2 Å². The van der Waals surface area contributed by atoms with E-state index in [0.717, 1.165) is 24.5 Å². The number of halogens is 3. The number of nitrogens with one attached hydrogen (secondary N) is 1. The zero-order chi connectivity index (χ0) is 16.9. The van der Waals surface area contributed by atoms with Crippen LogP contribution < -0.4 is 10.1 Å². The minimum atomic E-state index is -4.64. The van der Waals surface area contributed by atoms with Crippen molar-refractivity contribution in [1.82, 2.24) is 5.32 Å². The van der Waals surface area contributed by atoms with Gasteiger partial charge in [0.25, 0.3) is 0 Å². The Morgan fingerprint density at radius 3 is 2.65 bits per heavy atom. The fourth-order valence-corrected chi connectivity index (χ4v) is 2.37. The first-order chi connectivity index (χ1) is 10.8. The standard InChI is InChI=1S/C16H21F3N2O2/c1-11(2)8-13-12(9-23-16(17,18)19)4-3-5-14(13)22-10-15-20-6-7-21-15/h3-5,11H,6-10H2,1-2H3,(H,20,21). The predicted molar refractivity (Wildman–Crippen MR) is 81.6 cm³/mol. The van der Waals surface area contributed by atoms with Crippen LogP contribution >= 0.6 is 0 Å². The van der Waals surface area contributed by atoms with Crippen molar-refractivity contribution in [3.8, 4) is 5.75 Å². The monoisotopic (exact) mass is 330 g/mol. The molecule has 0 saturated carbocycles. The van der Waals surface area contributed by atoms with Crippen molar-refractivity contribution in [1.29, 1.82) is 0 Å². The summed E-state index contributed by atoms with van der Waals surface area (Å²) in [6.45, 7) is 5.30. The maximum atomic E-state index is 12.3. The van der Waals surface area contributed by atoms with E-state index in [1.807, 2.05) is 13.8 Å². The Balaban J connectivity index is 2.14. The normalized spacial score (nSPS) is 14.8. The van der Waals surface area contributed by atoms with Gasteiger partial charge in [-0.3, -0.25) is 9.73 Å². The van der Waals surface area contributed by atoms with Gasteiger partial charge < -0.3 is 10.1 Å². The lowest BCUT2D eigenvalue weighted by Gasteiger charge is -2.18. The Kier molecular flexibility index (Phi) is 5.87. The summed E-state index contributed by atoms with van der Waals surface area (Å²) in [4.78, 5) is 4.24. The zero-order valence-electron chi connectivity index (χ0n) is 13.2. The fraction of sp³-hybridized carbons (Fsp3) is 0.562. The van der Waals surface area contributed by atoms with Crippen LogP contribution in [0.4, 0.5) is 13.2 Å². The third kappa shape index (κ3) is 5.74. The van der Waals surface area contributed by atoms with E-state index in [4.69, 9.17) is 4.74 Å². The van der Waals surface area contributed by atoms with Gasteiger partial charge in [0.1, 0.15) is 18.2 Å². The summed E-state index contributed by atoms with van der Waals surface area (Å²) in [6.07, 6.45) is -4.03. The molecule has 23 heavy (non-hydrogen) atoms. The van der Waals surface area contributed by atoms with Crippen LogP contribution in [0.3, 0.4) is 0 Å². The Morgan fingerprint density at radius 1 is 1.26 bits per heavy atom. The third-order valence-electron chi connectivity index (χ3n) is 3.34. The molecule has 0 spiro atoms. The van der Waals surface area contributed by atoms with Gasteiger partial charge in [0.2, 0.25) is 0 Å². The van der Waals surface area contributed by atoms with Gasteiger partial charge in [0, 0.05) is 6.54 Å². The van der Waals surface area contributed by atoms with E-state index in [1.165, 1.54) is 0 Å². The van der Waals surface area contributed by atoms with E-state index in [1.54, 1.807) is 18.2 Å². The summed E-state index contributed by atoms with van der Waals surface area (Å²) in [7, 11) is 0. The number of amidine groups is 1. The molecule has 128 valence electrons. The fourth-order valence-electron chi connectivity index (χ4n) is 2.37. The molecule has 1 aliphatic rings. The SMILES string of the molecule is CC(C)Cc1c(COC(F)(F)F)cccc1OCC1=NCCN1. The molecule has 1 aliphatic heterocycles. The lowest BCUT2D eigenvalue weighted by Crippen LogP contribution is -2.25. The molecule has 1 N–H and O–H groups in total. The number of benzene rings is 1. The molecule has 0 aromatic heterocycles. The Labute approximate surface area is 133 Å². The van der Waals surface area contributed by atoms with Crippen LogP contribution in [0.5, 0.6) is 5.75 Å². The summed E-state index contributed by atoms with van der Waals surface area (Å²) >= 11 is 0. The van der Waals surface area contributed by atoms with Crippen molar-refractivity contribution in [3.63, 3.8) is 0 Å². The molecule has 7 heteroatoms. The maximum absolute atomic E-state index is 12.3. The molecule has 0 saturated heterocycles. The average molecular weight is 330 g/mol. The highest BCUT2D eigenvalue weighted by atomic mass is 19.4. The second-order valence-electron chi connectivity index (χ2n) is 5.77. The summed E-state index contributed by atoms with van der Waals surface area (Å²) in [6, 6.07) is 5.09. The largest absolute Gasteiger partial charge is 0.522 e. The topological polar surface area (TPSA) is 42.9 Å². The van der Waals surface area contributed by atoms with Crippen molar-refractivity contribution in [2.75, 3.05) is 19.7 Å². The highest BCUT2D eigenvalue weighted by molar-refractivity contribution is 5.85. The molecule has 1 heterocycles. The highest BCUT2D eigenvalue weighted by Gasteiger charge is 2.29. The molecule has 1 aromatic carbocycles. The van der Waals surface area contributed by atoms with E-state index in [2.05, 4.69) is 15.0 Å². The first kappa shape index (κ1) is 17.6. The third-order valence-corrected chi connectivity index (χ3v) is 3.34. The van der Waals surface area contributed by atoms with Gasteiger partial charge in [-0.05, 0) is 29.5 Å². The first-order valence-electron chi connectivity index (χ1n) is 7.56. The van der Waals surface area contributed by atoms with Crippen LogP contribution in [0.2, 0.25) is 0 Å². The molecule has 0 amide bonds. The van der Waals surface area contributed by atoms with Crippen LogP contribution in [0, 0.1) is 5.92 Å². The first-order valence-corrected chi connectivity index (χ1v) is 7.56. The lowest BCUT2D eigenvalue weighted by molar-refractivity contribution is -0.330. The van der Waals surface area contributed by atoms with Crippen molar-refractivity contribution < 1.29 is 22.6 Å². The number of alkyl halides is 3. The molecule has 0 atom stereocenters. The van der Waals surface area contributed by atoms with Crippen molar-refractivity contribution in [3.05, 3.63) is 29.3 Å². The molecule has 1 aromatic rings. The van der Waals surface area contributed by atoms with E-state index in [0.29, 0.717) is 17.7 Å². The van der Waals surface area contributed by atoms with Gasteiger partial charge in [-0.1, -0.05) is 26.0 Å². The van der Waals surface area contributed by atoms with Crippen LogP contribution in [0.15, 0.2) is 23.2 Å². The van der Waals surface area contributed by atoms with Crippen molar-refractivity contribution in [2.24, 2.45) is 10.9 Å². The van der Waals surface area contributed by atoms with E-state index in [-0.39, 0.29) is 12.5 Å². The van der Waals surface area contributed by atoms with Gasteiger partial charge >= 0.3 is 6.36 Å². The van der Waals surface area contributed by atoms with Crippen LogP contribution in [0.25, 0.3) is 0 Å². The Morgan fingerprint density at radius 2 is 2.04 bits per heavy atom. The van der Waals surface area contributed by atoms with Gasteiger partial charge in [-0.15, -0.1) is 13.2 Å². The molecule has 0 bridgehead atoms. The Hall–Kier alpha value is -1.76. The van der Waals surface area contributed by atoms with Gasteiger partial charge in [-0.2, -0.15) is 0 Å². The molecule has 4 nitrogen and oxygen atoms in total. The number of nitrogens with zero attached hydrogens (tertiary/aromatic N) is 1. The Bertz CT molecular complexity index is 557. The van der Waals surface area contributed by atoms with Crippen molar-refractivity contribution >= 4 is 5.84 Å². The summed E-state index contributed by atoms with van der Waals surface area (Å²) < 4.78 is 46.7. The van der Waals surface area contributed by atoms with Gasteiger partial charge in [0.15, 0.2) is 0 Å². The second-order valence-corrected chi connectivity index (χ2v) is 5.77. The van der Waals surface area contributed by atoms with E-state index in [9.17, 15) is 13.2 Å². The van der Waals surface area contributed by atoms with Gasteiger partial charge in [-0.25, -0.2) is 0 Å². The average Bonchev–Trinajstić information content (AvgIpc) is 2.96. The van der Waals surface area contributed by atoms with E-state index >= 15 is 0 Å². The van der Waals surface area contributed by atoms with Crippen LogP contribution in [-0.2, 0) is 17.8 Å². The summed E-state index contributed by atoms with van der Waals surface area (Å²) in [5.41, 5.74) is 1.25. The summed E-state index contributed by atoms with van der Waals surface area (Å²) in [5.74, 6) is 1.63. The quantitative estimate of drug-likeness (QED) is 0.834. The maximum Gasteiger partial charge on any atom is 0.522 e. The molecular weight excluding hydrogens is 309 g/mol. The number of hydrogen-bond acceptors (Lipinski definition) is 4. The van der Waals surface area contributed by atoms with E-state index < -0.39 is 13.0 Å². The summed E-state index contributed by atoms with van der Waals surface area (Å²) in [5, 5.41) is 3.10. The van der Waals surface area contributed by atoms with Crippen LogP contribution in [0.1, 0.15) is 25.0 Å². The zero-order valence-corrected chi connectivity index (χ0v) is 13.2. The lowest BCUT2D eigenvalue weighted by atomic mass is 9.97. The second kappa shape index (κ2) is 7.68. The van der Waals surface area contributed by atoms with Crippen LogP contribution in [-0.4, -0.2) is 31.9 Å². The predicted octanol–water partition coefficient (Wildman–Crippen LogP) is 3.30. The number of hydrogen-bond donors (Lipinski definition) is 1. The molecule has 0 aliphatic carbocycles. The number of aliphatic imine (C=N–C) groups is 1. The number of ether oxygens (including phenoxy) is 2. The highest BCUT2D eigenvalue weighted by Crippen LogP contribution is 2.28. The number of rotatable bonds is 7.